The zero-order valence-corrected chi connectivity index (χ0v) is 14.8. The van der Waals surface area contributed by atoms with Gasteiger partial charge in [-0.15, -0.1) is 12.4 Å². The lowest BCUT2D eigenvalue weighted by molar-refractivity contribution is 0.0954. The molecule has 0 bridgehead atoms. The van der Waals surface area contributed by atoms with E-state index in [9.17, 15) is 4.79 Å². The Balaban J connectivity index is 0.00000288. The summed E-state index contributed by atoms with van der Waals surface area (Å²) in [4.78, 5) is 12.3. The van der Waals surface area contributed by atoms with Gasteiger partial charge in [0.25, 0.3) is 5.91 Å². The molecule has 6 heteroatoms. The fourth-order valence-electron chi connectivity index (χ4n) is 2.18. The van der Waals surface area contributed by atoms with E-state index in [1.807, 2.05) is 55.6 Å². The third kappa shape index (κ3) is 5.76. The van der Waals surface area contributed by atoms with Gasteiger partial charge in [-0.1, -0.05) is 12.1 Å². The van der Waals surface area contributed by atoms with Crippen molar-refractivity contribution < 1.29 is 9.53 Å². The van der Waals surface area contributed by atoms with Gasteiger partial charge in [0.15, 0.2) is 0 Å². The molecule has 0 atom stereocenters. The standard InChI is InChI=1S/C18H23N3O2.ClH/c1-19-12-5-13-20-18(22)16-6-3-4-7-17(16)21-14-8-10-15(23-2)11-9-14;/h3-4,6-11,19,21H,5,12-13H2,1-2H3,(H,20,22);1H. The van der Waals surface area contributed by atoms with Crippen LogP contribution in [0, 0.1) is 0 Å². The SMILES string of the molecule is CNCCCNC(=O)c1ccccc1Nc1ccc(OC)cc1.Cl. The van der Waals surface area contributed by atoms with Gasteiger partial charge in [0.05, 0.1) is 18.4 Å². The van der Waals surface area contributed by atoms with Gasteiger partial charge in [0.2, 0.25) is 0 Å². The normalized spacial score (nSPS) is 9.75. The lowest BCUT2D eigenvalue weighted by atomic mass is 10.1. The van der Waals surface area contributed by atoms with Crippen LogP contribution in [0.15, 0.2) is 48.5 Å². The van der Waals surface area contributed by atoms with Gasteiger partial charge in [0, 0.05) is 12.2 Å². The van der Waals surface area contributed by atoms with Crippen molar-refractivity contribution in [2.75, 3.05) is 32.6 Å². The molecule has 0 heterocycles. The number of carbonyl (C=O) groups excluding carboxylic acids is 1. The molecule has 0 unspecified atom stereocenters. The molecule has 2 aromatic rings. The number of carbonyl (C=O) groups is 1. The van der Waals surface area contributed by atoms with Crippen LogP contribution in [0.25, 0.3) is 0 Å². The van der Waals surface area contributed by atoms with Crippen LogP contribution in [0.2, 0.25) is 0 Å². The number of nitrogens with one attached hydrogen (secondary N) is 3. The smallest absolute Gasteiger partial charge is 0.253 e. The minimum Gasteiger partial charge on any atom is -0.497 e. The number of hydrogen-bond donors (Lipinski definition) is 3. The van der Waals surface area contributed by atoms with Gasteiger partial charge in [-0.2, -0.15) is 0 Å². The number of hydrogen-bond acceptors (Lipinski definition) is 4. The summed E-state index contributed by atoms with van der Waals surface area (Å²) in [6.07, 6.45) is 0.899. The lowest BCUT2D eigenvalue weighted by Gasteiger charge is -2.12. The summed E-state index contributed by atoms with van der Waals surface area (Å²) in [5.41, 5.74) is 2.32. The number of amides is 1. The van der Waals surface area contributed by atoms with Crippen molar-refractivity contribution in [2.45, 2.75) is 6.42 Å². The summed E-state index contributed by atoms with van der Waals surface area (Å²) in [6.45, 7) is 1.53. The zero-order chi connectivity index (χ0) is 16.5. The van der Waals surface area contributed by atoms with Crippen molar-refractivity contribution in [3.63, 3.8) is 0 Å². The molecule has 2 aromatic carbocycles. The molecule has 0 aliphatic heterocycles. The maximum Gasteiger partial charge on any atom is 0.253 e. The van der Waals surface area contributed by atoms with Gasteiger partial charge in [-0.25, -0.2) is 0 Å². The lowest BCUT2D eigenvalue weighted by Crippen LogP contribution is -2.27. The van der Waals surface area contributed by atoms with Crippen LogP contribution in [0.1, 0.15) is 16.8 Å². The molecule has 2 rings (SSSR count). The van der Waals surface area contributed by atoms with Gasteiger partial charge in [-0.3, -0.25) is 4.79 Å². The van der Waals surface area contributed by atoms with Crippen LogP contribution >= 0.6 is 12.4 Å². The van der Waals surface area contributed by atoms with Crippen molar-refractivity contribution in [3.05, 3.63) is 54.1 Å². The molecule has 0 fully saturated rings. The Morgan fingerprint density at radius 2 is 1.75 bits per heavy atom. The Bertz CT molecular complexity index is 632. The largest absolute Gasteiger partial charge is 0.497 e. The highest BCUT2D eigenvalue weighted by Crippen LogP contribution is 2.22. The predicted molar refractivity (Wildman–Crippen MR) is 101 cm³/mol. The average molecular weight is 350 g/mol. The topological polar surface area (TPSA) is 62.4 Å². The predicted octanol–water partition coefficient (Wildman–Crippen LogP) is 3.20. The second-order valence-electron chi connectivity index (χ2n) is 5.11. The first-order chi connectivity index (χ1) is 11.2. The molecule has 0 aliphatic carbocycles. The highest BCUT2D eigenvalue weighted by atomic mass is 35.5. The van der Waals surface area contributed by atoms with E-state index in [0.29, 0.717) is 12.1 Å². The van der Waals surface area contributed by atoms with E-state index >= 15 is 0 Å². The zero-order valence-electron chi connectivity index (χ0n) is 14.0. The van der Waals surface area contributed by atoms with Gasteiger partial charge in [-0.05, 0) is 56.4 Å². The molecule has 0 aliphatic rings. The Morgan fingerprint density at radius 3 is 2.42 bits per heavy atom. The van der Waals surface area contributed by atoms with Gasteiger partial charge >= 0.3 is 0 Å². The highest BCUT2D eigenvalue weighted by Gasteiger charge is 2.10. The molecule has 0 saturated carbocycles. The highest BCUT2D eigenvalue weighted by molar-refractivity contribution is 6.00. The summed E-state index contributed by atoms with van der Waals surface area (Å²) < 4.78 is 5.15. The van der Waals surface area contributed by atoms with Crippen LogP contribution in [-0.4, -0.2) is 33.2 Å². The van der Waals surface area contributed by atoms with Crippen LogP contribution in [-0.2, 0) is 0 Å². The van der Waals surface area contributed by atoms with E-state index in [1.54, 1.807) is 7.11 Å². The van der Waals surface area contributed by atoms with Crippen LogP contribution in [0.3, 0.4) is 0 Å². The second-order valence-corrected chi connectivity index (χ2v) is 5.11. The number of methoxy groups -OCH3 is 1. The third-order valence-corrected chi connectivity index (χ3v) is 3.43. The summed E-state index contributed by atoms with van der Waals surface area (Å²) in [7, 11) is 3.53. The van der Waals surface area contributed by atoms with E-state index in [1.165, 1.54) is 0 Å². The summed E-state index contributed by atoms with van der Waals surface area (Å²) in [5, 5.41) is 9.28. The molecule has 0 radical (unpaired) electrons. The van der Waals surface area contributed by atoms with E-state index in [4.69, 9.17) is 4.74 Å². The minimum absolute atomic E-state index is 0. The van der Waals surface area contributed by atoms with Crippen molar-refractivity contribution in [3.8, 4) is 5.75 Å². The number of para-hydroxylation sites is 1. The van der Waals surface area contributed by atoms with Crippen molar-refractivity contribution in [1.82, 2.24) is 10.6 Å². The Morgan fingerprint density at radius 1 is 1.04 bits per heavy atom. The van der Waals surface area contributed by atoms with E-state index < -0.39 is 0 Å². The minimum atomic E-state index is -0.0716. The summed E-state index contributed by atoms with van der Waals surface area (Å²) >= 11 is 0. The monoisotopic (exact) mass is 349 g/mol. The number of benzene rings is 2. The molecule has 1 amide bonds. The van der Waals surface area contributed by atoms with E-state index in [2.05, 4.69) is 16.0 Å². The molecule has 3 N–H and O–H groups in total. The van der Waals surface area contributed by atoms with Crippen molar-refractivity contribution >= 4 is 29.7 Å². The molecule has 24 heavy (non-hydrogen) atoms. The molecule has 130 valence electrons. The summed E-state index contributed by atoms with van der Waals surface area (Å²) in [5.74, 6) is 0.726. The Hall–Kier alpha value is -2.24. The molecular formula is C18H24ClN3O2. The quantitative estimate of drug-likeness (QED) is 0.640. The average Bonchev–Trinajstić information content (AvgIpc) is 2.60. The number of halogens is 1. The molecule has 0 spiro atoms. The Labute approximate surface area is 149 Å². The molecule has 5 nitrogen and oxygen atoms in total. The van der Waals surface area contributed by atoms with E-state index in [0.717, 1.165) is 30.1 Å². The number of ether oxygens (including phenoxy) is 1. The maximum absolute atomic E-state index is 12.3. The number of anilines is 2. The first kappa shape index (κ1) is 19.8. The molecule has 0 saturated heterocycles. The first-order valence-electron chi connectivity index (χ1n) is 7.67. The van der Waals surface area contributed by atoms with E-state index in [-0.39, 0.29) is 18.3 Å². The van der Waals surface area contributed by atoms with Gasteiger partial charge in [0.1, 0.15) is 5.75 Å². The third-order valence-electron chi connectivity index (χ3n) is 3.43. The fraction of sp³-hybridized carbons (Fsp3) is 0.278. The first-order valence-corrected chi connectivity index (χ1v) is 7.67. The number of rotatable bonds is 8. The second kappa shape index (κ2) is 10.5. The van der Waals surface area contributed by atoms with Gasteiger partial charge < -0.3 is 20.7 Å². The van der Waals surface area contributed by atoms with Crippen LogP contribution in [0.4, 0.5) is 11.4 Å². The molecular weight excluding hydrogens is 326 g/mol. The van der Waals surface area contributed by atoms with Crippen molar-refractivity contribution in [1.29, 1.82) is 0 Å². The fourth-order valence-corrected chi connectivity index (χ4v) is 2.18. The molecule has 0 aromatic heterocycles. The Kier molecular flexibility index (Phi) is 8.68. The maximum atomic E-state index is 12.3. The van der Waals surface area contributed by atoms with Crippen molar-refractivity contribution in [2.24, 2.45) is 0 Å². The van der Waals surface area contributed by atoms with Crippen LogP contribution in [0.5, 0.6) is 5.75 Å². The summed E-state index contributed by atoms with van der Waals surface area (Å²) in [6, 6.07) is 15.1. The van der Waals surface area contributed by atoms with Crippen LogP contribution < -0.4 is 20.7 Å².